The Kier molecular flexibility index (Phi) is 6.04. The first-order valence-corrected chi connectivity index (χ1v) is 10.6. The van der Waals surface area contributed by atoms with E-state index in [-0.39, 0.29) is 0 Å². The average molecular weight is 380 g/mol. The molecule has 2 fully saturated rings. The minimum absolute atomic E-state index is 0.368. The third kappa shape index (κ3) is 4.12. The Morgan fingerprint density at radius 1 is 0.964 bits per heavy atom. The smallest absolute Gasteiger partial charge is 0.0604 e. The molecule has 2 aliphatic rings. The highest BCUT2D eigenvalue weighted by Gasteiger charge is 2.35. The fraction of sp³-hybridized carbons (Fsp3) is 0.565. The quantitative estimate of drug-likeness (QED) is 0.835. The van der Waals surface area contributed by atoms with Crippen molar-refractivity contribution in [1.82, 2.24) is 25.1 Å². The maximum absolute atomic E-state index is 4.79. The van der Waals surface area contributed by atoms with Crippen molar-refractivity contribution in [1.29, 1.82) is 0 Å². The molecule has 150 valence electrons. The van der Waals surface area contributed by atoms with Crippen molar-refractivity contribution < 1.29 is 0 Å². The monoisotopic (exact) mass is 379 g/mol. The zero-order chi connectivity index (χ0) is 19.5. The first kappa shape index (κ1) is 19.5. The molecule has 0 saturated carbocycles. The van der Waals surface area contributed by atoms with Gasteiger partial charge in [-0.3, -0.25) is 14.9 Å². The summed E-state index contributed by atoms with van der Waals surface area (Å²) < 4.78 is 0. The first-order chi connectivity index (χ1) is 13.6. The molecule has 2 saturated heterocycles. The van der Waals surface area contributed by atoms with Gasteiger partial charge in [-0.15, -0.1) is 0 Å². The summed E-state index contributed by atoms with van der Waals surface area (Å²) in [7, 11) is 2.18. The lowest BCUT2D eigenvalue weighted by atomic mass is 9.89. The Labute approximate surface area is 169 Å². The molecule has 0 aliphatic carbocycles. The molecule has 5 nitrogen and oxygen atoms in total. The predicted molar refractivity (Wildman–Crippen MR) is 113 cm³/mol. The lowest BCUT2D eigenvalue weighted by Gasteiger charge is -2.43. The second kappa shape index (κ2) is 8.68. The number of hydrogen-bond donors (Lipinski definition) is 1. The number of piperidine rings is 1. The van der Waals surface area contributed by atoms with Gasteiger partial charge in [-0.1, -0.05) is 12.1 Å². The van der Waals surface area contributed by atoms with Gasteiger partial charge in [-0.2, -0.15) is 0 Å². The highest BCUT2D eigenvalue weighted by Crippen LogP contribution is 2.41. The Morgan fingerprint density at radius 3 is 2.04 bits per heavy atom. The maximum atomic E-state index is 4.79. The molecule has 4 heterocycles. The second-order valence-corrected chi connectivity index (χ2v) is 8.48. The summed E-state index contributed by atoms with van der Waals surface area (Å²) in [6.07, 6.45) is 7.45. The van der Waals surface area contributed by atoms with Gasteiger partial charge in [-0.05, 0) is 63.4 Å². The molecule has 2 unspecified atom stereocenters. The molecular formula is C23H33N5. The van der Waals surface area contributed by atoms with Crippen LogP contribution in [0.3, 0.4) is 0 Å². The van der Waals surface area contributed by atoms with E-state index in [0.717, 1.165) is 26.2 Å². The van der Waals surface area contributed by atoms with Crippen LogP contribution in [-0.4, -0.2) is 59.0 Å². The van der Waals surface area contributed by atoms with Crippen molar-refractivity contribution in [3.8, 4) is 0 Å². The SMILES string of the molecule is Cc1cccnc1C1CCCC(c2ncccc2C)N1CCNC1CN(C)C1. The molecule has 0 spiro atoms. The van der Waals surface area contributed by atoms with Crippen LogP contribution in [0.5, 0.6) is 0 Å². The third-order valence-electron chi connectivity index (χ3n) is 6.35. The van der Waals surface area contributed by atoms with Crippen molar-refractivity contribution in [2.24, 2.45) is 0 Å². The van der Waals surface area contributed by atoms with Gasteiger partial charge >= 0.3 is 0 Å². The van der Waals surface area contributed by atoms with E-state index < -0.39 is 0 Å². The van der Waals surface area contributed by atoms with E-state index in [1.807, 2.05) is 24.5 Å². The lowest BCUT2D eigenvalue weighted by molar-refractivity contribution is 0.0720. The molecule has 2 aromatic rings. The van der Waals surface area contributed by atoms with Crippen LogP contribution in [0.1, 0.15) is 53.9 Å². The number of aromatic nitrogens is 2. The second-order valence-electron chi connectivity index (χ2n) is 8.48. The molecule has 5 heteroatoms. The number of aryl methyl sites for hydroxylation is 2. The third-order valence-corrected chi connectivity index (χ3v) is 6.35. The summed E-state index contributed by atoms with van der Waals surface area (Å²) in [4.78, 5) is 14.6. The zero-order valence-electron chi connectivity index (χ0n) is 17.4. The van der Waals surface area contributed by atoms with Crippen molar-refractivity contribution in [2.75, 3.05) is 33.2 Å². The summed E-state index contributed by atoms with van der Waals surface area (Å²) in [6, 6.07) is 9.85. The number of nitrogens with one attached hydrogen (secondary N) is 1. The molecule has 0 radical (unpaired) electrons. The molecule has 0 aromatic carbocycles. The summed E-state index contributed by atoms with van der Waals surface area (Å²) in [5, 5.41) is 3.75. The Bertz CT molecular complexity index is 733. The Hall–Kier alpha value is -1.82. The highest BCUT2D eigenvalue weighted by atomic mass is 15.3. The number of likely N-dealkylation sites (tertiary alicyclic amines) is 2. The van der Waals surface area contributed by atoms with Crippen LogP contribution < -0.4 is 5.32 Å². The summed E-state index contributed by atoms with van der Waals surface area (Å²) in [6.45, 7) is 8.75. The van der Waals surface area contributed by atoms with Gasteiger partial charge in [0.1, 0.15) is 0 Å². The lowest BCUT2D eigenvalue weighted by Crippen LogP contribution is -2.57. The highest BCUT2D eigenvalue weighted by molar-refractivity contribution is 5.26. The largest absolute Gasteiger partial charge is 0.310 e. The van der Waals surface area contributed by atoms with Gasteiger partial charge in [0.05, 0.1) is 23.5 Å². The number of likely N-dealkylation sites (N-methyl/N-ethyl adjacent to an activating group) is 1. The standard InChI is InChI=1S/C23H33N5/c1-17-7-5-11-25-22(17)20-9-4-10-21(23-18(2)8-6-12-26-23)28(20)14-13-24-19-15-27(3)16-19/h5-8,11-12,19-21,24H,4,9-10,13-16H2,1-3H3. The fourth-order valence-corrected chi connectivity index (χ4v) is 4.87. The zero-order valence-corrected chi connectivity index (χ0v) is 17.4. The number of pyridine rings is 2. The number of nitrogens with zero attached hydrogens (tertiary/aromatic N) is 4. The van der Waals surface area contributed by atoms with Gasteiger partial charge in [-0.25, -0.2) is 0 Å². The van der Waals surface area contributed by atoms with E-state index in [0.29, 0.717) is 18.1 Å². The van der Waals surface area contributed by atoms with Gasteiger partial charge in [0.15, 0.2) is 0 Å². The van der Waals surface area contributed by atoms with Crippen LogP contribution in [0.2, 0.25) is 0 Å². The van der Waals surface area contributed by atoms with E-state index in [1.54, 1.807) is 0 Å². The molecule has 0 bridgehead atoms. The molecule has 2 atom stereocenters. The fourth-order valence-electron chi connectivity index (χ4n) is 4.87. The molecule has 1 N–H and O–H groups in total. The van der Waals surface area contributed by atoms with Gasteiger partial charge < -0.3 is 10.2 Å². The molecule has 2 aromatic heterocycles. The Balaban J connectivity index is 1.57. The van der Waals surface area contributed by atoms with Crippen molar-refractivity contribution in [2.45, 2.75) is 51.2 Å². The van der Waals surface area contributed by atoms with Crippen LogP contribution in [0.15, 0.2) is 36.7 Å². The van der Waals surface area contributed by atoms with E-state index in [9.17, 15) is 0 Å². The van der Waals surface area contributed by atoms with Crippen molar-refractivity contribution in [3.63, 3.8) is 0 Å². The first-order valence-electron chi connectivity index (χ1n) is 10.6. The van der Waals surface area contributed by atoms with Crippen LogP contribution in [0.4, 0.5) is 0 Å². The van der Waals surface area contributed by atoms with Crippen LogP contribution in [-0.2, 0) is 0 Å². The van der Waals surface area contributed by atoms with Gasteiger partial charge in [0.2, 0.25) is 0 Å². The van der Waals surface area contributed by atoms with Crippen molar-refractivity contribution >= 4 is 0 Å². The summed E-state index contributed by atoms with van der Waals surface area (Å²) >= 11 is 0. The predicted octanol–water partition coefficient (Wildman–Crippen LogP) is 3.27. The van der Waals surface area contributed by atoms with E-state index in [4.69, 9.17) is 9.97 Å². The maximum Gasteiger partial charge on any atom is 0.0604 e. The van der Waals surface area contributed by atoms with E-state index >= 15 is 0 Å². The summed E-state index contributed by atoms with van der Waals surface area (Å²) in [5.74, 6) is 0. The average Bonchev–Trinajstić information content (AvgIpc) is 2.68. The number of rotatable bonds is 6. The topological polar surface area (TPSA) is 44.3 Å². The minimum atomic E-state index is 0.368. The summed E-state index contributed by atoms with van der Waals surface area (Å²) in [5.41, 5.74) is 5.07. The van der Waals surface area contributed by atoms with Crippen LogP contribution in [0.25, 0.3) is 0 Å². The molecule has 0 amide bonds. The normalized spacial score (nSPS) is 24.2. The molecule has 4 rings (SSSR count). The van der Waals surface area contributed by atoms with Crippen molar-refractivity contribution in [3.05, 3.63) is 59.2 Å². The Morgan fingerprint density at radius 2 is 1.54 bits per heavy atom. The van der Waals surface area contributed by atoms with Crippen LogP contribution in [0, 0.1) is 13.8 Å². The number of hydrogen-bond acceptors (Lipinski definition) is 5. The van der Waals surface area contributed by atoms with Crippen LogP contribution >= 0.6 is 0 Å². The van der Waals surface area contributed by atoms with E-state index in [2.05, 4.69) is 48.1 Å². The van der Waals surface area contributed by atoms with E-state index in [1.165, 1.54) is 41.8 Å². The molecule has 2 aliphatic heterocycles. The van der Waals surface area contributed by atoms with Gasteiger partial charge in [0, 0.05) is 44.6 Å². The molecule has 28 heavy (non-hydrogen) atoms. The molecular weight excluding hydrogens is 346 g/mol. The van der Waals surface area contributed by atoms with Gasteiger partial charge in [0.25, 0.3) is 0 Å². The minimum Gasteiger partial charge on any atom is -0.310 e.